The van der Waals surface area contributed by atoms with Crippen LogP contribution in [0.25, 0.3) is 0 Å². The largest absolute Gasteiger partial charge is 0.467 e. The van der Waals surface area contributed by atoms with Gasteiger partial charge in [-0.1, -0.05) is 18.2 Å². The molecule has 1 atom stereocenters. The van der Waals surface area contributed by atoms with Crippen molar-refractivity contribution in [1.82, 2.24) is 4.90 Å². The van der Waals surface area contributed by atoms with Crippen molar-refractivity contribution >= 4 is 11.6 Å². The molecular weight excluding hydrogens is 326 g/mol. The number of furan rings is 1. The van der Waals surface area contributed by atoms with Crippen LogP contribution in [0.15, 0.2) is 65.3 Å². The Bertz CT molecular complexity index is 925. The molecule has 2 aromatic carbocycles. The first-order valence-electron chi connectivity index (χ1n) is 7.77. The number of hydrogen-bond acceptors (Lipinski definition) is 3. The highest BCUT2D eigenvalue weighted by atomic mass is 19.2. The summed E-state index contributed by atoms with van der Waals surface area (Å²) < 4.78 is 32.3. The van der Waals surface area contributed by atoms with Gasteiger partial charge in [0.15, 0.2) is 11.6 Å². The molecule has 6 heteroatoms. The van der Waals surface area contributed by atoms with Gasteiger partial charge in [0.25, 0.3) is 5.91 Å². The summed E-state index contributed by atoms with van der Waals surface area (Å²) in [4.78, 5) is 14.5. The first-order valence-corrected chi connectivity index (χ1v) is 7.77. The predicted octanol–water partition coefficient (Wildman–Crippen LogP) is 4.32. The second kappa shape index (κ2) is 6.05. The van der Waals surface area contributed by atoms with Gasteiger partial charge in [-0.2, -0.15) is 0 Å². The van der Waals surface area contributed by atoms with Crippen LogP contribution in [0.2, 0.25) is 0 Å². The van der Waals surface area contributed by atoms with Crippen molar-refractivity contribution in [3.63, 3.8) is 0 Å². The number of amides is 1. The van der Waals surface area contributed by atoms with Crippen LogP contribution >= 0.6 is 0 Å². The minimum Gasteiger partial charge on any atom is -0.467 e. The molecule has 0 spiro atoms. The summed E-state index contributed by atoms with van der Waals surface area (Å²) in [6.07, 6.45) is 0.889. The van der Waals surface area contributed by atoms with Gasteiger partial charge in [-0.05, 0) is 42.0 Å². The molecule has 1 aliphatic heterocycles. The third-order valence-corrected chi connectivity index (χ3v) is 4.19. The summed E-state index contributed by atoms with van der Waals surface area (Å²) in [5.74, 6) is -1.49. The lowest BCUT2D eigenvalue weighted by Gasteiger charge is -2.37. The number of halogens is 2. The molecule has 0 aliphatic carbocycles. The highest BCUT2D eigenvalue weighted by molar-refractivity contribution is 6.01. The number of benzene rings is 2. The number of nitrogens with one attached hydrogen (secondary N) is 1. The van der Waals surface area contributed by atoms with E-state index in [1.165, 1.54) is 17.2 Å². The molecule has 126 valence electrons. The van der Waals surface area contributed by atoms with Crippen LogP contribution in [0.3, 0.4) is 0 Å². The lowest BCUT2D eigenvalue weighted by Crippen LogP contribution is -2.42. The minimum atomic E-state index is -0.955. The standard InChI is InChI=1S/C19H14F2N2O2/c20-15-8-7-12(10-16(15)21)18-22-17-6-2-1-5-14(17)19(24)23(18)11-13-4-3-9-25-13/h1-10,18,22H,11H2. The number of rotatable bonds is 3. The van der Waals surface area contributed by atoms with Gasteiger partial charge in [0, 0.05) is 5.69 Å². The number of carbonyl (C=O) groups excluding carboxylic acids is 1. The van der Waals surface area contributed by atoms with E-state index in [0.29, 0.717) is 22.6 Å². The smallest absolute Gasteiger partial charge is 0.258 e. The Morgan fingerprint density at radius 2 is 1.88 bits per heavy atom. The minimum absolute atomic E-state index is 0.205. The fourth-order valence-electron chi connectivity index (χ4n) is 2.97. The molecule has 1 amide bonds. The molecule has 1 N–H and O–H groups in total. The Labute approximate surface area is 142 Å². The SMILES string of the molecule is O=C1c2ccccc2NC(c2ccc(F)c(F)c2)N1Cc1ccco1. The van der Waals surface area contributed by atoms with Crippen LogP contribution in [0, 0.1) is 11.6 Å². The molecular formula is C19H14F2N2O2. The molecule has 1 aliphatic rings. The number of fused-ring (bicyclic) bond motifs is 1. The summed E-state index contributed by atoms with van der Waals surface area (Å²) in [6, 6.07) is 14.2. The summed E-state index contributed by atoms with van der Waals surface area (Å²) in [5.41, 5.74) is 1.62. The topological polar surface area (TPSA) is 45.5 Å². The molecule has 1 aromatic heterocycles. The molecule has 4 rings (SSSR count). The fourth-order valence-corrected chi connectivity index (χ4v) is 2.97. The molecule has 0 bridgehead atoms. The number of nitrogens with zero attached hydrogens (tertiary/aromatic N) is 1. The van der Waals surface area contributed by atoms with Crippen LogP contribution in [0.5, 0.6) is 0 Å². The van der Waals surface area contributed by atoms with Crippen molar-refractivity contribution < 1.29 is 18.0 Å². The molecule has 25 heavy (non-hydrogen) atoms. The maximum absolute atomic E-state index is 13.7. The van der Waals surface area contributed by atoms with Crippen LogP contribution in [0.4, 0.5) is 14.5 Å². The normalized spacial score (nSPS) is 16.5. The summed E-state index contributed by atoms with van der Waals surface area (Å²) in [6.45, 7) is 0.205. The van der Waals surface area contributed by atoms with Gasteiger partial charge in [-0.15, -0.1) is 0 Å². The number of hydrogen-bond donors (Lipinski definition) is 1. The Morgan fingerprint density at radius 1 is 1.04 bits per heavy atom. The number of carbonyl (C=O) groups is 1. The van der Waals surface area contributed by atoms with E-state index in [1.807, 2.05) is 6.07 Å². The molecule has 4 nitrogen and oxygen atoms in total. The fraction of sp³-hybridized carbons (Fsp3) is 0.105. The van der Waals surface area contributed by atoms with Crippen molar-refractivity contribution in [1.29, 1.82) is 0 Å². The van der Waals surface area contributed by atoms with E-state index in [0.717, 1.165) is 12.1 Å². The quantitative estimate of drug-likeness (QED) is 0.772. The van der Waals surface area contributed by atoms with E-state index in [-0.39, 0.29) is 12.5 Å². The van der Waals surface area contributed by atoms with Gasteiger partial charge in [0.1, 0.15) is 11.9 Å². The molecule has 0 radical (unpaired) electrons. The molecule has 0 saturated heterocycles. The van der Waals surface area contributed by atoms with Crippen LogP contribution in [-0.4, -0.2) is 10.8 Å². The Morgan fingerprint density at radius 3 is 2.64 bits per heavy atom. The third-order valence-electron chi connectivity index (χ3n) is 4.19. The van der Waals surface area contributed by atoms with E-state index >= 15 is 0 Å². The summed E-state index contributed by atoms with van der Waals surface area (Å²) >= 11 is 0. The van der Waals surface area contributed by atoms with E-state index in [2.05, 4.69) is 5.32 Å². The van der Waals surface area contributed by atoms with Crippen LogP contribution in [-0.2, 0) is 6.54 Å². The first kappa shape index (κ1) is 15.4. The second-order valence-electron chi connectivity index (χ2n) is 5.78. The van der Waals surface area contributed by atoms with Crippen molar-refractivity contribution in [3.05, 3.63) is 89.4 Å². The lowest BCUT2D eigenvalue weighted by molar-refractivity contribution is 0.0651. The molecule has 0 fully saturated rings. The summed E-state index contributed by atoms with van der Waals surface area (Å²) in [5, 5.41) is 3.23. The van der Waals surface area contributed by atoms with Gasteiger partial charge in [-0.25, -0.2) is 8.78 Å². The van der Waals surface area contributed by atoms with Crippen molar-refractivity contribution in [3.8, 4) is 0 Å². The number of para-hydroxylation sites is 1. The lowest BCUT2D eigenvalue weighted by atomic mass is 10.0. The van der Waals surface area contributed by atoms with Gasteiger partial charge >= 0.3 is 0 Å². The monoisotopic (exact) mass is 340 g/mol. The zero-order valence-corrected chi connectivity index (χ0v) is 13.1. The zero-order valence-electron chi connectivity index (χ0n) is 13.1. The van der Waals surface area contributed by atoms with Gasteiger partial charge in [0.05, 0.1) is 18.4 Å². The molecule has 0 saturated carbocycles. The maximum atomic E-state index is 13.7. The zero-order chi connectivity index (χ0) is 17.4. The molecule has 1 unspecified atom stereocenters. The second-order valence-corrected chi connectivity index (χ2v) is 5.78. The first-order chi connectivity index (χ1) is 12.1. The maximum Gasteiger partial charge on any atom is 0.258 e. The van der Waals surface area contributed by atoms with E-state index < -0.39 is 17.8 Å². The highest BCUT2D eigenvalue weighted by Crippen LogP contribution is 2.34. The molecule has 2 heterocycles. The van der Waals surface area contributed by atoms with Gasteiger partial charge < -0.3 is 14.6 Å². The van der Waals surface area contributed by atoms with Crippen LogP contribution in [0.1, 0.15) is 27.8 Å². The Kier molecular flexibility index (Phi) is 3.72. The predicted molar refractivity (Wildman–Crippen MR) is 87.7 cm³/mol. The average molecular weight is 340 g/mol. The van der Waals surface area contributed by atoms with Gasteiger partial charge in [-0.3, -0.25) is 4.79 Å². The van der Waals surface area contributed by atoms with E-state index in [9.17, 15) is 13.6 Å². The van der Waals surface area contributed by atoms with Crippen molar-refractivity contribution in [2.45, 2.75) is 12.7 Å². The average Bonchev–Trinajstić information content (AvgIpc) is 3.13. The third kappa shape index (κ3) is 2.76. The van der Waals surface area contributed by atoms with Crippen molar-refractivity contribution in [2.24, 2.45) is 0 Å². The van der Waals surface area contributed by atoms with Crippen LogP contribution < -0.4 is 5.32 Å². The number of anilines is 1. The van der Waals surface area contributed by atoms with Gasteiger partial charge in [0.2, 0.25) is 0 Å². The van der Waals surface area contributed by atoms with E-state index in [1.54, 1.807) is 30.3 Å². The van der Waals surface area contributed by atoms with E-state index in [4.69, 9.17) is 4.42 Å². The van der Waals surface area contributed by atoms with Crippen molar-refractivity contribution in [2.75, 3.05) is 5.32 Å². The summed E-state index contributed by atoms with van der Waals surface area (Å²) in [7, 11) is 0. The highest BCUT2D eigenvalue weighted by Gasteiger charge is 2.33. The molecule has 3 aromatic rings. The Balaban J connectivity index is 1.78. The Hall–Kier alpha value is -3.15.